The summed E-state index contributed by atoms with van der Waals surface area (Å²) in [6.45, 7) is 2.51. The first-order chi connectivity index (χ1) is 13.5. The molecule has 0 unspecified atom stereocenters. The van der Waals surface area contributed by atoms with E-state index in [0.29, 0.717) is 35.1 Å². The Bertz CT molecular complexity index is 990. The third kappa shape index (κ3) is 3.66. The number of aliphatic hydroxyl groups excluding tert-OH is 1. The number of nitrogens with zero attached hydrogens (tertiary/aromatic N) is 3. The van der Waals surface area contributed by atoms with Gasteiger partial charge in [-0.25, -0.2) is 0 Å². The highest BCUT2D eigenvalue weighted by molar-refractivity contribution is 6.33. The lowest BCUT2D eigenvalue weighted by Crippen LogP contribution is -2.29. The van der Waals surface area contributed by atoms with Crippen molar-refractivity contribution >= 4 is 17.5 Å². The molecule has 0 bridgehead atoms. The first kappa shape index (κ1) is 18.7. The minimum atomic E-state index is -0.596. The second-order valence-corrected chi connectivity index (χ2v) is 7.41. The van der Waals surface area contributed by atoms with Crippen LogP contribution in [0, 0.1) is 12.8 Å². The number of aliphatic hydroxyl groups is 1. The van der Waals surface area contributed by atoms with Gasteiger partial charge in [0.25, 0.3) is 5.91 Å². The molecule has 7 heteroatoms. The van der Waals surface area contributed by atoms with Gasteiger partial charge in [0.2, 0.25) is 0 Å². The van der Waals surface area contributed by atoms with Crippen LogP contribution in [0.25, 0.3) is 11.3 Å². The molecule has 1 aliphatic rings. The van der Waals surface area contributed by atoms with Gasteiger partial charge in [0, 0.05) is 43.2 Å². The fraction of sp³-hybridized carbons (Fsp3) is 0.286. The molecule has 3 heterocycles. The first-order valence-electron chi connectivity index (χ1n) is 9.10. The minimum Gasteiger partial charge on any atom is -0.460 e. The van der Waals surface area contributed by atoms with Gasteiger partial charge >= 0.3 is 0 Å². The number of aryl methyl sites for hydroxylation is 1. The van der Waals surface area contributed by atoms with Crippen LogP contribution in [-0.4, -0.2) is 45.1 Å². The van der Waals surface area contributed by atoms with Gasteiger partial charge in [-0.3, -0.25) is 14.8 Å². The van der Waals surface area contributed by atoms with Crippen molar-refractivity contribution in [3.8, 4) is 11.3 Å². The number of hydrogen-bond acceptors (Lipinski definition) is 5. The van der Waals surface area contributed by atoms with Gasteiger partial charge in [0.05, 0.1) is 22.4 Å². The Morgan fingerprint density at radius 3 is 2.89 bits per heavy atom. The number of rotatable bonds is 4. The molecule has 1 aromatic carbocycles. The summed E-state index contributed by atoms with van der Waals surface area (Å²) in [5.41, 5.74) is 2.04. The van der Waals surface area contributed by atoms with E-state index in [2.05, 4.69) is 9.97 Å². The standard InChI is InChI=1S/C21H20ClN3O3/c1-13-17(9-20(28-13)16-4-2-3-5-18(16)22)21(27)25-11-14(19(26)12-25)8-15-10-23-6-7-24-15/h2-7,9-10,14,19,26H,8,11-12H2,1H3/t14-,19-/m1/s1. The normalized spacial score (nSPS) is 19.2. The topological polar surface area (TPSA) is 79.5 Å². The number of halogens is 1. The van der Waals surface area contributed by atoms with E-state index >= 15 is 0 Å². The summed E-state index contributed by atoms with van der Waals surface area (Å²) in [6.07, 6.45) is 4.91. The van der Waals surface area contributed by atoms with Crippen LogP contribution >= 0.6 is 11.6 Å². The number of β-amino-alcohol motifs (C(OH)–C–C–N with tert-alkyl or cyclic N) is 1. The summed E-state index contributed by atoms with van der Waals surface area (Å²) in [6, 6.07) is 9.07. The van der Waals surface area contributed by atoms with Crippen molar-refractivity contribution in [3.63, 3.8) is 0 Å². The van der Waals surface area contributed by atoms with E-state index in [1.807, 2.05) is 18.2 Å². The molecule has 2 aromatic heterocycles. The fourth-order valence-electron chi connectivity index (χ4n) is 3.58. The highest BCUT2D eigenvalue weighted by Crippen LogP contribution is 2.32. The molecule has 6 nitrogen and oxygen atoms in total. The van der Waals surface area contributed by atoms with E-state index in [-0.39, 0.29) is 18.4 Å². The molecule has 144 valence electrons. The van der Waals surface area contributed by atoms with Crippen LogP contribution in [0.15, 0.2) is 53.3 Å². The Kier molecular flexibility index (Phi) is 5.15. The zero-order valence-electron chi connectivity index (χ0n) is 15.4. The predicted octanol–water partition coefficient (Wildman–Crippen LogP) is 3.37. The molecule has 0 radical (unpaired) electrons. The average molecular weight is 398 g/mol. The summed E-state index contributed by atoms with van der Waals surface area (Å²) in [5.74, 6) is 0.866. The molecule has 0 saturated carbocycles. The quantitative estimate of drug-likeness (QED) is 0.730. The maximum atomic E-state index is 13.0. The molecular weight excluding hydrogens is 378 g/mol. The van der Waals surface area contributed by atoms with Crippen molar-refractivity contribution in [1.29, 1.82) is 0 Å². The third-order valence-corrected chi connectivity index (χ3v) is 5.40. The molecule has 4 rings (SSSR count). The Morgan fingerprint density at radius 1 is 1.32 bits per heavy atom. The number of amides is 1. The summed E-state index contributed by atoms with van der Waals surface area (Å²) in [5, 5.41) is 11.0. The Morgan fingerprint density at radius 2 is 2.14 bits per heavy atom. The van der Waals surface area contributed by atoms with Crippen molar-refractivity contribution in [3.05, 3.63) is 71.0 Å². The van der Waals surface area contributed by atoms with E-state index in [4.69, 9.17) is 16.0 Å². The zero-order chi connectivity index (χ0) is 19.7. The second-order valence-electron chi connectivity index (χ2n) is 7.00. The molecule has 3 aromatic rings. The number of benzene rings is 1. The number of aromatic nitrogens is 2. The molecular formula is C21H20ClN3O3. The van der Waals surface area contributed by atoms with Crippen LogP contribution in [0.2, 0.25) is 5.02 Å². The molecule has 28 heavy (non-hydrogen) atoms. The van der Waals surface area contributed by atoms with Crippen LogP contribution in [0.4, 0.5) is 0 Å². The number of furan rings is 1. The zero-order valence-corrected chi connectivity index (χ0v) is 16.1. The van der Waals surface area contributed by atoms with Gasteiger partial charge < -0.3 is 14.4 Å². The highest BCUT2D eigenvalue weighted by Gasteiger charge is 2.35. The van der Waals surface area contributed by atoms with Crippen molar-refractivity contribution in [2.45, 2.75) is 19.4 Å². The maximum absolute atomic E-state index is 13.0. The molecule has 1 N–H and O–H groups in total. The Hall–Kier alpha value is -2.70. The summed E-state index contributed by atoms with van der Waals surface area (Å²) < 4.78 is 5.80. The number of hydrogen-bond donors (Lipinski definition) is 1. The smallest absolute Gasteiger partial charge is 0.257 e. The van der Waals surface area contributed by atoms with E-state index < -0.39 is 6.10 Å². The van der Waals surface area contributed by atoms with Crippen LogP contribution in [0.1, 0.15) is 21.8 Å². The molecule has 0 aliphatic carbocycles. The van der Waals surface area contributed by atoms with Gasteiger partial charge in [0.1, 0.15) is 11.5 Å². The molecule has 1 fully saturated rings. The number of likely N-dealkylation sites (tertiary alicyclic amines) is 1. The number of carbonyl (C=O) groups is 1. The van der Waals surface area contributed by atoms with E-state index in [1.165, 1.54) is 0 Å². The molecule has 1 saturated heterocycles. The lowest BCUT2D eigenvalue weighted by atomic mass is 10.0. The molecule has 2 atom stereocenters. The van der Waals surface area contributed by atoms with Gasteiger partial charge in [0.15, 0.2) is 0 Å². The lowest BCUT2D eigenvalue weighted by Gasteiger charge is -2.15. The first-order valence-corrected chi connectivity index (χ1v) is 9.48. The van der Waals surface area contributed by atoms with Crippen LogP contribution < -0.4 is 0 Å². The lowest BCUT2D eigenvalue weighted by molar-refractivity contribution is 0.0763. The van der Waals surface area contributed by atoms with Crippen molar-refractivity contribution in [2.75, 3.05) is 13.1 Å². The van der Waals surface area contributed by atoms with Crippen molar-refractivity contribution in [2.24, 2.45) is 5.92 Å². The summed E-state index contributed by atoms with van der Waals surface area (Å²) in [4.78, 5) is 23.0. The minimum absolute atomic E-state index is 0.0732. The van der Waals surface area contributed by atoms with Gasteiger partial charge in [-0.2, -0.15) is 0 Å². The van der Waals surface area contributed by atoms with E-state index in [1.54, 1.807) is 42.5 Å². The van der Waals surface area contributed by atoms with Crippen molar-refractivity contribution in [1.82, 2.24) is 14.9 Å². The number of carbonyl (C=O) groups excluding carboxylic acids is 1. The van der Waals surface area contributed by atoms with Gasteiger partial charge in [-0.05, 0) is 31.5 Å². The fourth-order valence-corrected chi connectivity index (χ4v) is 3.81. The van der Waals surface area contributed by atoms with Gasteiger partial charge in [-0.1, -0.05) is 23.7 Å². The largest absolute Gasteiger partial charge is 0.460 e. The van der Waals surface area contributed by atoms with E-state index in [0.717, 1.165) is 11.3 Å². The molecule has 0 spiro atoms. The average Bonchev–Trinajstić information content (AvgIpc) is 3.25. The Balaban J connectivity index is 1.51. The predicted molar refractivity (Wildman–Crippen MR) is 105 cm³/mol. The summed E-state index contributed by atoms with van der Waals surface area (Å²) >= 11 is 6.24. The summed E-state index contributed by atoms with van der Waals surface area (Å²) in [7, 11) is 0. The van der Waals surface area contributed by atoms with Gasteiger partial charge in [-0.15, -0.1) is 0 Å². The van der Waals surface area contributed by atoms with Crippen molar-refractivity contribution < 1.29 is 14.3 Å². The third-order valence-electron chi connectivity index (χ3n) is 5.07. The van der Waals surface area contributed by atoms with Crippen LogP contribution in [0.5, 0.6) is 0 Å². The second kappa shape index (κ2) is 7.73. The molecule has 1 amide bonds. The van der Waals surface area contributed by atoms with Crippen LogP contribution in [-0.2, 0) is 6.42 Å². The van der Waals surface area contributed by atoms with E-state index in [9.17, 15) is 9.90 Å². The monoisotopic (exact) mass is 397 g/mol. The Labute approximate surface area is 167 Å². The SMILES string of the molecule is Cc1oc(-c2ccccc2Cl)cc1C(=O)N1C[C@@H](Cc2cnccn2)[C@H](O)C1. The molecule has 1 aliphatic heterocycles. The van der Waals surface area contributed by atoms with Crippen LogP contribution in [0.3, 0.4) is 0 Å². The highest BCUT2D eigenvalue weighted by atomic mass is 35.5. The maximum Gasteiger partial charge on any atom is 0.257 e.